The number of amides is 2. The lowest BCUT2D eigenvalue weighted by atomic mass is 10.1. The number of hydrogen-bond acceptors (Lipinski definition) is 4. The maximum atomic E-state index is 13.2. The highest BCUT2D eigenvalue weighted by Gasteiger charge is 2.39. The lowest BCUT2D eigenvalue weighted by molar-refractivity contribution is -0.121. The van der Waals surface area contributed by atoms with Gasteiger partial charge in [0.1, 0.15) is 6.04 Å². The van der Waals surface area contributed by atoms with E-state index in [-0.39, 0.29) is 16.4 Å². The Morgan fingerprint density at radius 1 is 1.08 bits per heavy atom. The second-order valence-electron chi connectivity index (χ2n) is 5.91. The van der Waals surface area contributed by atoms with Gasteiger partial charge < -0.3 is 5.32 Å². The van der Waals surface area contributed by atoms with E-state index in [9.17, 15) is 18.0 Å². The fourth-order valence-electron chi connectivity index (χ4n) is 3.11. The van der Waals surface area contributed by atoms with Crippen LogP contribution in [0.5, 0.6) is 0 Å². The molecule has 0 saturated carbocycles. The standard InChI is InChI=1S/C18H18N2O4S/c1-19-17(21)15-11-12-7-3-5-9-14(12)20(15)18(22)13-8-4-6-10-16(13)25(2,23)24/h3-10,15H,11H2,1-2H3,(H,19,21). The van der Waals surface area contributed by atoms with Crippen molar-refractivity contribution in [2.75, 3.05) is 18.2 Å². The minimum absolute atomic E-state index is 0.0416. The molecule has 6 nitrogen and oxygen atoms in total. The minimum Gasteiger partial charge on any atom is -0.357 e. The first-order valence-electron chi connectivity index (χ1n) is 7.76. The smallest absolute Gasteiger partial charge is 0.260 e. The summed E-state index contributed by atoms with van der Waals surface area (Å²) in [6, 6.07) is 12.6. The van der Waals surface area contributed by atoms with Crippen molar-refractivity contribution in [3.63, 3.8) is 0 Å². The third kappa shape index (κ3) is 3.02. The van der Waals surface area contributed by atoms with Crippen LogP contribution < -0.4 is 10.2 Å². The predicted octanol–water partition coefficient (Wildman–Crippen LogP) is 1.41. The highest BCUT2D eigenvalue weighted by Crippen LogP contribution is 2.34. The lowest BCUT2D eigenvalue weighted by Gasteiger charge is -2.25. The van der Waals surface area contributed by atoms with E-state index in [2.05, 4.69) is 5.32 Å². The molecule has 1 heterocycles. The molecule has 7 heteroatoms. The number of nitrogens with one attached hydrogen (secondary N) is 1. The molecule has 3 rings (SSSR count). The summed E-state index contributed by atoms with van der Waals surface area (Å²) in [5.74, 6) is -0.791. The summed E-state index contributed by atoms with van der Waals surface area (Å²) in [6.45, 7) is 0. The molecule has 1 atom stereocenters. The summed E-state index contributed by atoms with van der Waals surface area (Å²) >= 11 is 0. The Morgan fingerprint density at radius 3 is 2.40 bits per heavy atom. The average molecular weight is 358 g/mol. The minimum atomic E-state index is -3.58. The number of fused-ring (bicyclic) bond motifs is 1. The van der Waals surface area contributed by atoms with Crippen molar-refractivity contribution in [1.29, 1.82) is 0 Å². The summed E-state index contributed by atoms with van der Waals surface area (Å²) in [5, 5.41) is 2.57. The summed E-state index contributed by atoms with van der Waals surface area (Å²) in [4.78, 5) is 26.8. The molecule has 0 bridgehead atoms. The molecule has 130 valence electrons. The van der Waals surface area contributed by atoms with E-state index in [4.69, 9.17) is 0 Å². The van der Waals surface area contributed by atoms with Gasteiger partial charge in [-0.2, -0.15) is 0 Å². The normalized spacial score (nSPS) is 16.4. The van der Waals surface area contributed by atoms with Crippen molar-refractivity contribution in [2.24, 2.45) is 0 Å². The molecule has 2 amide bonds. The van der Waals surface area contributed by atoms with Gasteiger partial charge in [-0.15, -0.1) is 0 Å². The quantitative estimate of drug-likeness (QED) is 0.899. The maximum Gasteiger partial charge on any atom is 0.260 e. The van der Waals surface area contributed by atoms with Crippen molar-refractivity contribution >= 4 is 27.3 Å². The Balaban J connectivity index is 2.13. The van der Waals surface area contributed by atoms with Crippen LogP contribution in [0, 0.1) is 0 Å². The molecule has 25 heavy (non-hydrogen) atoms. The zero-order chi connectivity index (χ0) is 18.2. The van der Waals surface area contributed by atoms with Gasteiger partial charge in [-0.3, -0.25) is 14.5 Å². The van der Waals surface area contributed by atoms with E-state index >= 15 is 0 Å². The number of benzene rings is 2. The molecule has 0 aliphatic carbocycles. The summed E-state index contributed by atoms with van der Waals surface area (Å²) in [5.41, 5.74) is 1.57. The van der Waals surface area contributed by atoms with Gasteiger partial charge in [-0.05, 0) is 23.8 Å². The zero-order valence-corrected chi connectivity index (χ0v) is 14.7. The van der Waals surface area contributed by atoms with Crippen LogP contribution in [0.25, 0.3) is 0 Å². The molecule has 1 N–H and O–H groups in total. The number of anilines is 1. The summed E-state index contributed by atoms with van der Waals surface area (Å²) in [6.07, 6.45) is 1.45. The molecule has 1 aliphatic heterocycles. The van der Waals surface area contributed by atoms with Gasteiger partial charge in [0.05, 0.1) is 10.5 Å². The van der Waals surface area contributed by atoms with Crippen LogP contribution in [-0.2, 0) is 21.1 Å². The molecule has 2 aromatic carbocycles. The number of carbonyl (C=O) groups excluding carboxylic acids is 2. The molecule has 0 aromatic heterocycles. The van der Waals surface area contributed by atoms with Gasteiger partial charge in [0.25, 0.3) is 5.91 Å². The SMILES string of the molecule is CNC(=O)C1Cc2ccccc2N1C(=O)c1ccccc1S(C)(=O)=O. The lowest BCUT2D eigenvalue weighted by Crippen LogP contribution is -2.47. The van der Waals surface area contributed by atoms with Gasteiger partial charge in [0, 0.05) is 25.4 Å². The first-order valence-corrected chi connectivity index (χ1v) is 9.66. The molecule has 1 aliphatic rings. The van der Waals surface area contributed by atoms with Gasteiger partial charge in [0.15, 0.2) is 9.84 Å². The predicted molar refractivity (Wildman–Crippen MR) is 94.4 cm³/mol. The number of hydrogen-bond donors (Lipinski definition) is 1. The van der Waals surface area contributed by atoms with Crippen LogP contribution in [0.4, 0.5) is 5.69 Å². The number of para-hydroxylation sites is 1. The maximum absolute atomic E-state index is 13.2. The highest BCUT2D eigenvalue weighted by atomic mass is 32.2. The van der Waals surface area contributed by atoms with Crippen LogP contribution >= 0.6 is 0 Å². The van der Waals surface area contributed by atoms with E-state index < -0.39 is 21.8 Å². The van der Waals surface area contributed by atoms with Gasteiger partial charge in [-0.1, -0.05) is 30.3 Å². The third-order valence-corrected chi connectivity index (χ3v) is 5.42. The fraction of sp³-hybridized carbons (Fsp3) is 0.222. The summed E-state index contributed by atoms with van der Waals surface area (Å²) in [7, 11) is -2.06. The van der Waals surface area contributed by atoms with Crippen molar-refractivity contribution in [3.05, 3.63) is 59.7 Å². The van der Waals surface area contributed by atoms with E-state index in [1.165, 1.54) is 24.1 Å². The van der Waals surface area contributed by atoms with Crippen LogP contribution in [0.2, 0.25) is 0 Å². The Labute approximate surface area is 146 Å². The average Bonchev–Trinajstić information content (AvgIpc) is 2.99. The molecular formula is C18H18N2O4S. The highest BCUT2D eigenvalue weighted by molar-refractivity contribution is 7.90. The molecular weight excluding hydrogens is 340 g/mol. The Bertz CT molecular complexity index is 953. The third-order valence-electron chi connectivity index (χ3n) is 4.26. The number of rotatable bonds is 3. The van der Waals surface area contributed by atoms with Crippen molar-refractivity contribution in [3.8, 4) is 0 Å². The fourth-order valence-corrected chi connectivity index (χ4v) is 3.99. The number of sulfone groups is 1. The second-order valence-corrected chi connectivity index (χ2v) is 7.89. The molecule has 0 fully saturated rings. The Kier molecular flexibility index (Phi) is 4.34. The Morgan fingerprint density at radius 2 is 1.72 bits per heavy atom. The van der Waals surface area contributed by atoms with E-state index in [1.807, 2.05) is 12.1 Å². The second kappa shape index (κ2) is 6.33. The first-order chi connectivity index (χ1) is 11.8. The monoisotopic (exact) mass is 358 g/mol. The first kappa shape index (κ1) is 17.2. The largest absolute Gasteiger partial charge is 0.357 e. The van der Waals surface area contributed by atoms with Gasteiger partial charge in [0.2, 0.25) is 5.91 Å². The van der Waals surface area contributed by atoms with Crippen LogP contribution in [-0.4, -0.2) is 39.6 Å². The van der Waals surface area contributed by atoms with Crippen molar-refractivity contribution in [2.45, 2.75) is 17.4 Å². The van der Waals surface area contributed by atoms with Crippen LogP contribution in [0.15, 0.2) is 53.4 Å². The number of carbonyl (C=O) groups is 2. The number of likely N-dealkylation sites (N-methyl/N-ethyl adjacent to an activating group) is 1. The molecule has 0 radical (unpaired) electrons. The van der Waals surface area contributed by atoms with Crippen LogP contribution in [0.3, 0.4) is 0 Å². The molecule has 2 aromatic rings. The molecule has 1 unspecified atom stereocenters. The van der Waals surface area contributed by atoms with E-state index in [0.29, 0.717) is 12.1 Å². The van der Waals surface area contributed by atoms with Crippen molar-refractivity contribution < 1.29 is 18.0 Å². The summed E-state index contributed by atoms with van der Waals surface area (Å²) < 4.78 is 24.1. The van der Waals surface area contributed by atoms with E-state index in [1.54, 1.807) is 24.3 Å². The molecule has 0 spiro atoms. The van der Waals surface area contributed by atoms with Crippen LogP contribution in [0.1, 0.15) is 15.9 Å². The van der Waals surface area contributed by atoms with E-state index in [0.717, 1.165) is 11.8 Å². The van der Waals surface area contributed by atoms with Crippen molar-refractivity contribution in [1.82, 2.24) is 5.32 Å². The van der Waals surface area contributed by atoms with Gasteiger partial charge >= 0.3 is 0 Å². The number of nitrogens with zero attached hydrogens (tertiary/aromatic N) is 1. The topological polar surface area (TPSA) is 83.6 Å². The Hall–Kier alpha value is -2.67. The molecule has 0 saturated heterocycles. The zero-order valence-electron chi connectivity index (χ0n) is 13.9. The van der Waals surface area contributed by atoms with Gasteiger partial charge in [-0.25, -0.2) is 8.42 Å².